The maximum Gasteiger partial charge on any atom is 0.293 e. The molecule has 0 saturated carbocycles. The number of carbonyl (C=O) groups is 1. The first-order valence-electron chi connectivity index (χ1n) is 23.9. The summed E-state index contributed by atoms with van der Waals surface area (Å²) in [6, 6.07) is 14.4. The van der Waals surface area contributed by atoms with Crippen molar-refractivity contribution in [2.45, 2.75) is 50.7 Å². The second kappa shape index (κ2) is 19.5. The molecule has 7 heterocycles. The van der Waals surface area contributed by atoms with E-state index in [2.05, 4.69) is 60.0 Å². The van der Waals surface area contributed by atoms with Crippen LogP contribution in [0.25, 0.3) is 16.6 Å². The van der Waals surface area contributed by atoms with Gasteiger partial charge in [-0.25, -0.2) is 30.8 Å². The van der Waals surface area contributed by atoms with Crippen LogP contribution in [-0.4, -0.2) is 149 Å². The number of hydrogen-bond acceptors (Lipinski definition) is 16. The first kappa shape index (κ1) is 49.1. The number of sulfonamides is 2. The van der Waals surface area contributed by atoms with E-state index < -0.39 is 41.5 Å². The largest absolute Gasteiger partial charge is 0.455 e. The molecule has 19 nitrogen and oxygen atoms in total. The Morgan fingerprint density at radius 1 is 0.986 bits per heavy atom. The van der Waals surface area contributed by atoms with E-state index in [1.165, 1.54) is 52.2 Å². The summed E-state index contributed by atoms with van der Waals surface area (Å²) in [5, 5.41) is 18.1. The first-order chi connectivity index (χ1) is 33.9. The van der Waals surface area contributed by atoms with Gasteiger partial charge in [-0.3, -0.25) is 24.7 Å². The van der Waals surface area contributed by atoms with Crippen molar-refractivity contribution in [3.63, 3.8) is 0 Å². The molecule has 10 rings (SSSR count). The minimum absolute atomic E-state index is 0.0582. The lowest BCUT2D eigenvalue weighted by atomic mass is 9.73. The van der Waals surface area contributed by atoms with Crippen molar-refractivity contribution < 1.29 is 40.8 Å². The van der Waals surface area contributed by atoms with Crippen molar-refractivity contribution in [3.05, 3.63) is 104 Å². The van der Waals surface area contributed by atoms with E-state index in [1.54, 1.807) is 28.7 Å². The third kappa shape index (κ3) is 11.0. The van der Waals surface area contributed by atoms with Gasteiger partial charge in [0.05, 0.1) is 53.8 Å². The lowest BCUT2D eigenvalue weighted by molar-refractivity contribution is -0.384. The number of anilines is 2. The Morgan fingerprint density at radius 2 is 1.79 bits per heavy atom. The van der Waals surface area contributed by atoms with Crippen molar-refractivity contribution in [1.29, 1.82) is 0 Å². The second-order valence-electron chi connectivity index (χ2n) is 20.4. The number of carbonyl (C=O) groups excluding carboxylic acids is 1. The molecular formula is C49H59N9O10S3. The van der Waals surface area contributed by atoms with Crippen molar-refractivity contribution >= 4 is 71.0 Å². The van der Waals surface area contributed by atoms with Gasteiger partial charge in [0.2, 0.25) is 10.0 Å². The van der Waals surface area contributed by atoms with Crippen molar-refractivity contribution in [3.8, 4) is 11.5 Å². The van der Waals surface area contributed by atoms with Gasteiger partial charge in [0.25, 0.3) is 21.6 Å². The molecule has 0 bridgehead atoms. The molecular weight excluding hydrogens is 971 g/mol. The highest BCUT2D eigenvalue weighted by atomic mass is 32.2. The summed E-state index contributed by atoms with van der Waals surface area (Å²) >= 11 is 1.82. The van der Waals surface area contributed by atoms with Crippen LogP contribution in [0.2, 0.25) is 0 Å². The summed E-state index contributed by atoms with van der Waals surface area (Å²) in [6.07, 6.45) is 7.41. The van der Waals surface area contributed by atoms with Gasteiger partial charge < -0.3 is 29.4 Å². The molecule has 0 radical (unpaired) electrons. The zero-order chi connectivity index (χ0) is 49.7. The molecule has 3 aromatic heterocycles. The number of piperazine rings is 1. The van der Waals surface area contributed by atoms with Gasteiger partial charge in [-0.1, -0.05) is 19.4 Å². The summed E-state index contributed by atoms with van der Waals surface area (Å²) in [4.78, 5) is 40.9. The third-order valence-corrected chi connectivity index (χ3v) is 17.8. The Kier molecular flexibility index (Phi) is 13.5. The minimum atomic E-state index is -4.60. The zero-order valence-electron chi connectivity index (χ0n) is 40.0. The molecule has 1 spiro atoms. The lowest BCUT2D eigenvalue weighted by Gasteiger charge is -2.59. The van der Waals surface area contributed by atoms with E-state index in [1.807, 2.05) is 17.4 Å². The van der Waals surface area contributed by atoms with E-state index in [0.29, 0.717) is 57.4 Å². The lowest BCUT2D eigenvalue weighted by Crippen LogP contribution is -2.72. The van der Waals surface area contributed by atoms with Gasteiger partial charge in [-0.2, -0.15) is 0 Å². The number of nitrogens with one attached hydrogen (secondary N) is 3. The molecule has 1 atom stereocenters. The molecule has 5 aliphatic rings. The van der Waals surface area contributed by atoms with Crippen LogP contribution in [0.5, 0.6) is 11.5 Å². The maximum absolute atomic E-state index is 14.0. The number of allylic oxidation sites excluding steroid dienone is 1. The summed E-state index contributed by atoms with van der Waals surface area (Å²) in [5.74, 6) is -0.531. The van der Waals surface area contributed by atoms with Crippen LogP contribution in [0.4, 0.5) is 17.1 Å². The van der Waals surface area contributed by atoms with Crippen LogP contribution in [0.15, 0.2) is 82.8 Å². The normalized spacial score (nSPS) is 20.9. The third-order valence-electron chi connectivity index (χ3n) is 14.2. The Morgan fingerprint density at radius 3 is 2.54 bits per heavy atom. The van der Waals surface area contributed by atoms with Crippen LogP contribution in [-0.2, 0) is 36.1 Å². The van der Waals surface area contributed by atoms with Gasteiger partial charge in [-0.15, -0.1) is 11.3 Å². The summed E-state index contributed by atoms with van der Waals surface area (Å²) in [5.41, 5.74) is 5.55. The molecule has 71 heavy (non-hydrogen) atoms. The number of nitro benzene ring substituents is 1. The van der Waals surface area contributed by atoms with E-state index in [0.717, 1.165) is 75.7 Å². The molecule has 4 fully saturated rings. The number of thiophene rings is 1. The smallest absolute Gasteiger partial charge is 0.293 e. The Bertz CT molecular complexity index is 3090. The highest BCUT2D eigenvalue weighted by molar-refractivity contribution is 7.90. The van der Waals surface area contributed by atoms with Crippen molar-refractivity contribution in [2.24, 2.45) is 10.8 Å². The van der Waals surface area contributed by atoms with Crippen LogP contribution in [0.3, 0.4) is 0 Å². The minimum Gasteiger partial charge on any atom is -0.455 e. The second-order valence-corrected chi connectivity index (χ2v) is 24.9. The van der Waals surface area contributed by atoms with E-state index >= 15 is 0 Å². The first-order valence-corrected chi connectivity index (χ1v) is 28.1. The number of aromatic amines is 1. The standard InChI is InChI=1S/C49H59N9O10S3/c1-48(2)10-8-35(41(22-48)45-18-33(28-69-45)25-55-29-49(30-55)31-57(32-49)70(3,62)63)26-54-12-14-56(15-13-54)36-4-6-40(44(20-36)68-37-19-34-9-11-50-46(34)52-23-37)47(59)53-71(64,65)39-5-7-42(43(21-39)58(60)61)51-24-38-27-66-16-17-67-38/h4-7,9,11,18-21,23,28,38,51H,8,10,12-17,22,24-27,29-32H2,1-3H3,(H,50,52)(H,53,59). The highest BCUT2D eigenvalue weighted by Crippen LogP contribution is 2.46. The molecule has 22 heteroatoms. The predicted octanol–water partition coefficient (Wildman–Crippen LogP) is 6.13. The molecule has 378 valence electrons. The monoisotopic (exact) mass is 1030 g/mol. The van der Waals surface area contributed by atoms with Gasteiger partial charge in [0, 0.05) is 112 Å². The fourth-order valence-electron chi connectivity index (χ4n) is 10.4. The summed E-state index contributed by atoms with van der Waals surface area (Å²) in [6.45, 7) is 14.0. The average Bonchev–Trinajstić information content (AvgIpc) is 3.99. The van der Waals surface area contributed by atoms with Gasteiger partial charge in [0.15, 0.2) is 0 Å². The number of likely N-dealkylation sites (tertiary alicyclic amines) is 1. The number of nitro groups is 1. The molecule has 1 unspecified atom stereocenters. The molecule has 1 aliphatic carbocycles. The number of amides is 1. The number of ether oxygens (including phenoxy) is 3. The molecule has 5 aromatic rings. The number of H-pyrrole nitrogens is 1. The molecule has 1 amide bonds. The number of aromatic nitrogens is 2. The molecule has 3 N–H and O–H groups in total. The Labute approximate surface area is 417 Å². The summed E-state index contributed by atoms with van der Waals surface area (Å²) < 4.78 is 72.4. The molecule has 2 aromatic carbocycles. The van der Waals surface area contributed by atoms with Crippen LogP contribution in [0.1, 0.15) is 53.9 Å². The van der Waals surface area contributed by atoms with Crippen LogP contribution >= 0.6 is 11.3 Å². The van der Waals surface area contributed by atoms with E-state index in [9.17, 15) is 31.7 Å². The average molecular weight is 1030 g/mol. The molecule has 4 aliphatic heterocycles. The summed E-state index contributed by atoms with van der Waals surface area (Å²) in [7, 11) is -7.73. The Balaban J connectivity index is 0.820. The van der Waals surface area contributed by atoms with Gasteiger partial charge in [-0.05, 0) is 83.7 Å². The topological polar surface area (TPSA) is 222 Å². The van der Waals surface area contributed by atoms with Gasteiger partial charge >= 0.3 is 0 Å². The Hall–Kier alpha value is -5.46. The van der Waals surface area contributed by atoms with Crippen molar-refractivity contribution in [2.75, 3.05) is 102 Å². The van der Waals surface area contributed by atoms with E-state index in [-0.39, 0.29) is 40.5 Å². The van der Waals surface area contributed by atoms with Gasteiger partial charge in [0.1, 0.15) is 22.8 Å². The number of nitrogens with zero attached hydrogens (tertiary/aromatic N) is 6. The number of benzene rings is 2. The SMILES string of the molecule is CC1(C)CCC(CN2CCN(c3ccc(C(=O)NS(=O)(=O)c4ccc(NCC5COCCO5)c([N+](=O)[O-])c4)c(Oc4cnc5[nH]ccc5c4)c3)CC2)=C(c2cc(CN3CC4(C3)CN(S(C)(=O)=O)C4)cs2)C1. The zero-order valence-corrected chi connectivity index (χ0v) is 42.5. The predicted molar refractivity (Wildman–Crippen MR) is 271 cm³/mol. The maximum atomic E-state index is 14.0. The van der Waals surface area contributed by atoms with Crippen LogP contribution in [0, 0.1) is 20.9 Å². The number of hydrogen-bond donors (Lipinski definition) is 3. The number of fused-ring (bicyclic) bond motifs is 1. The van der Waals surface area contributed by atoms with Crippen LogP contribution < -0.4 is 19.7 Å². The fourth-order valence-corrected chi connectivity index (χ4v) is 13.4. The fraction of sp³-hybridized carbons (Fsp3) is 0.469. The highest BCUT2D eigenvalue weighted by Gasteiger charge is 2.54. The quantitative estimate of drug-likeness (QED) is 0.0747. The molecule has 4 saturated heterocycles. The number of rotatable bonds is 16. The van der Waals surface area contributed by atoms with Crippen molar-refractivity contribution in [1.82, 2.24) is 28.8 Å². The number of pyridine rings is 1. The van der Waals surface area contributed by atoms with E-state index in [4.69, 9.17) is 14.2 Å².